The molecular weight excluding hydrogens is 298 g/mol. The third kappa shape index (κ3) is 2.31. The summed E-state index contributed by atoms with van der Waals surface area (Å²) in [5, 5.41) is 35.9. The molecule has 0 amide bonds. The summed E-state index contributed by atoms with van der Waals surface area (Å²) < 4.78 is 5.46. The second kappa shape index (κ2) is 5.28. The highest BCUT2D eigenvalue weighted by atomic mass is 16.8. The molecule has 2 aliphatic rings. The number of hydrogen-bond acceptors (Lipinski definition) is 6. The fraction of sp³-hybridized carbons (Fsp3) is 0.353. The Morgan fingerprint density at radius 2 is 1.83 bits per heavy atom. The van der Waals surface area contributed by atoms with E-state index in [1.54, 1.807) is 0 Å². The first kappa shape index (κ1) is 14.6. The maximum atomic E-state index is 10.2. The number of nitrogens with zero attached hydrogens (tertiary/aromatic N) is 1. The maximum Gasteiger partial charge on any atom is 0.271 e. The van der Waals surface area contributed by atoms with Gasteiger partial charge in [-0.15, -0.1) is 0 Å². The molecule has 0 radical (unpaired) electrons. The number of fused-ring (bicyclic) bond motifs is 1. The Kier molecular flexibility index (Phi) is 3.35. The van der Waals surface area contributed by atoms with E-state index in [2.05, 4.69) is 5.16 Å². The highest BCUT2D eigenvalue weighted by Crippen LogP contribution is 2.36. The lowest BCUT2D eigenvalue weighted by Gasteiger charge is -2.40. The van der Waals surface area contributed by atoms with Crippen molar-refractivity contribution in [3.05, 3.63) is 48.0 Å². The second-order valence-electron chi connectivity index (χ2n) is 5.99. The fourth-order valence-electron chi connectivity index (χ4n) is 3.07. The molecule has 1 saturated heterocycles. The molecule has 0 saturated carbocycles. The Balaban J connectivity index is 1.62. The maximum absolute atomic E-state index is 10.2. The standard InChI is InChI=1S/C17H17NO5/c19-14-9-22-17(16(21)15(14)20)8-13(18-23-17)12-6-5-10-3-1-2-4-11(10)7-12/h1-7,14-16,19-21H,8-9H2/t14-,15+,16-,17-/m1/s1. The van der Waals surface area contributed by atoms with Crippen LogP contribution in [0.2, 0.25) is 0 Å². The molecule has 1 fully saturated rings. The second-order valence-corrected chi connectivity index (χ2v) is 5.99. The van der Waals surface area contributed by atoms with Crippen molar-refractivity contribution in [1.82, 2.24) is 0 Å². The lowest BCUT2D eigenvalue weighted by atomic mass is 9.91. The fourth-order valence-corrected chi connectivity index (χ4v) is 3.07. The predicted octanol–water partition coefficient (Wildman–Crippen LogP) is 0.773. The van der Waals surface area contributed by atoms with Gasteiger partial charge < -0.3 is 24.9 Å². The van der Waals surface area contributed by atoms with Crippen LogP contribution in [0.1, 0.15) is 12.0 Å². The van der Waals surface area contributed by atoms with Crippen LogP contribution >= 0.6 is 0 Å². The van der Waals surface area contributed by atoms with Gasteiger partial charge in [-0.05, 0) is 16.8 Å². The first-order valence-electron chi connectivity index (χ1n) is 7.51. The van der Waals surface area contributed by atoms with E-state index in [4.69, 9.17) is 9.57 Å². The number of benzene rings is 2. The van der Waals surface area contributed by atoms with Crippen LogP contribution in [-0.4, -0.2) is 51.7 Å². The van der Waals surface area contributed by atoms with Crippen LogP contribution in [0, 0.1) is 0 Å². The van der Waals surface area contributed by atoms with Gasteiger partial charge in [-0.25, -0.2) is 0 Å². The van der Waals surface area contributed by atoms with Crippen LogP contribution in [0.4, 0.5) is 0 Å². The van der Waals surface area contributed by atoms with E-state index in [0.29, 0.717) is 5.71 Å². The normalized spacial score (nSPS) is 33.7. The minimum Gasteiger partial charge on any atom is -0.388 e. The van der Waals surface area contributed by atoms with E-state index in [0.717, 1.165) is 16.3 Å². The summed E-state index contributed by atoms with van der Waals surface area (Å²) >= 11 is 0. The highest BCUT2D eigenvalue weighted by Gasteiger charge is 2.55. The Morgan fingerprint density at radius 3 is 2.65 bits per heavy atom. The highest BCUT2D eigenvalue weighted by molar-refractivity contribution is 6.04. The Hall–Kier alpha value is -1.99. The number of ether oxygens (including phenoxy) is 1. The lowest BCUT2D eigenvalue weighted by molar-refractivity contribution is -0.328. The average molecular weight is 315 g/mol. The Morgan fingerprint density at radius 1 is 1.04 bits per heavy atom. The van der Waals surface area contributed by atoms with Crippen LogP contribution < -0.4 is 0 Å². The molecule has 0 aromatic heterocycles. The predicted molar refractivity (Wildman–Crippen MR) is 82.9 cm³/mol. The van der Waals surface area contributed by atoms with Crippen LogP contribution in [0.25, 0.3) is 10.8 Å². The van der Waals surface area contributed by atoms with E-state index < -0.39 is 24.1 Å². The molecule has 4 atom stereocenters. The van der Waals surface area contributed by atoms with Crippen LogP contribution in [0.3, 0.4) is 0 Å². The van der Waals surface area contributed by atoms with Gasteiger partial charge in [0.25, 0.3) is 5.79 Å². The van der Waals surface area contributed by atoms with Crippen LogP contribution in [0.5, 0.6) is 0 Å². The van der Waals surface area contributed by atoms with Gasteiger partial charge in [0, 0.05) is 5.56 Å². The zero-order chi connectivity index (χ0) is 16.0. The molecule has 3 N–H and O–H groups in total. The van der Waals surface area contributed by atoms with Gasteiger partial charge in [-0.3, -0.25) is 0 Å². The van der Waals surface area contributed by atoms with Gasteiger partial charge in [-0.2, -0.15) is 0 Å². The molecule has 0 aliphatic carbocycles. The first-order valence-corrected chi connectivity index (χ1v) is 7.51. The van der Waals surface area contributed by atoms with Crippen molar-refractivity contribution in [1.29, 1.82) is 0 Å². The van der Waals surface area contributed by atoms with Crippen molar-refractivity contribution < 1.29 is 24.9 Å². The molecule has 6 nitrogen and oxygen atoms in total. The average Bonchev–Trinajstić information content (AvgIpc) is 3.02. The van der Waals surface area contributed by atoms with Crippen LogP contribution in [0.15, 0.2) is 47.6 Å². The van der Waals surface area contributed by atoms with Crippen LogP contribution in [-0.2, 0) is 9.57 Å². The van der Waals surface area contributed by atoms with E-state index >= 15 is 0 Å². The molecule has 6 heteroatoms. The van der Waals surface area contributed by atoms with Crippen molar-refractivity contribution in [2.45, 2.75) is 30.5 Å². The third-order valence-electron chi connectivity index (χ3n) is 4.47. The molecular formula is C17H17NO5. The minimum absolute atomic E-state index is 0.112. The number of aliphatic hydroxyl groups is 3. The summed E-state index contributed by atoms with van der Waals surface area (Å²) in [5.41, 5.74) is 1.51. The summed E-state index contributed by atoms with van der Waals surface area (Å²) in [7, 11) is 0. The van der Waals surface area contributed by atoms with Gasteiger partial charge in [-0.1, -0.05) is 41.6 Å². The molecule has 23 heavy (non-hydrogen) atoms. The zero-order valence-corrected chi connectivity index (χ0v) is 12.3. The van der Waals surface area contributed by atoms with Crippen molar-refractivity contribution in [2.75, 3.05) is 6.61 Å². The lowest BCUT2D eigenvalue weighted by Crippen LogP contribution is -2.60. The van der Waals surface area contributed by atoms with Gasteiger partial charge in [0.2, 0.25) is 0 Å². The molecule has 2 aromatic rings. The smallest absolute Gasteiger partial charge is 0.271 e. The summed E-state index contributed by atoms with van der Waals surface area (Å²) in [4.78, 5) is 5.34. The van der Waals surface area contributed by atoms with Crippen molar-refractivity contribution in [3.63, 3.8) is 0 Å². The molecule has 4 rings (SSSR count). The largest absolute Gasteiger partial charge is 0.388 e. The quantitative estimate of drug-likeness (QED) is 0.723. The van der Waals surface area contributed by atoms with Gasteiger partial charge >= 0.3 is 0 Å². The molecule has 2 aromatic carbocycles. The van der Waals surface area contributed by atoms with E-state index in [1.807, 2.05) is 42.5 Å². The molecule has 120 valence electrons. The third-order valence-corrected chi connectivity index (χ3v) is 4.47. The summed E-state index contributed by atoms with van der Waals surface area (Å²) in [6.45, 7) is -0.112. The number of aliphatic hydroxyl groups excluding tert-OH is 3. The summed E-state index contributed by atoms with van der Waals surface area (Å²) in [5.74, 6) is -1.43. The van der Waals surface area contributed by atoms with Crippen molar-refractivity contribution in [2.24, 2.45) is 5.16 Å². The molecule has 2 heterocycles. The Labute approximate surface area is 132 Å². The SMILES string of the molecule is O[C@H]1[C@H](O)CO[C@@]2(CC(c3ccc4ccccc4c3)=NO2)[C@@H]1O. The molecule has 0 bridgehead atoms. The number of hydrogen-bond donors (Lipinski definition) is 3. The van der Waals surface area contributed by atoms with E-state index in [1.165, 1.54) is 0 Å². The summed E-state index contributed by atoms with van der Waals surface area (Å²) in [6.07, 6.45) is -3.62. The van der Waals surface area contributed by atoms with Gasteiger partial charge in [0.05, 0.1) is 18.7 Å². The molecule has 2 aliphatic heterocycles. The molecule has 1 spiro atoms. The topological polar surface area (TPSA) is 91.5 Å². The van der Waals surface area contributed by atoms with Gasteiger partial charge in [0.1, 0.15) is 12.2 Å². The number of rotatable bonds is 1. The Bertz CT molecular complexity index is 776. The monoisotopic (exact) mass is 315 g/mol. The van der Waals surface area contributed by atoms with Crippen molar-refractivity contribution >= 4 is 16.5 Å². The van der Waals surface area contributed by atoms with E-state index in [-0.39, 0.29) is 13.0 Å². The van der Waals surface area contributed by atoms with Crippen molar-refractivity contribution in [3.8, 4) is 0 Å². The van der Waals surface area contributed by atoms with E-state index in [9.17, 15) is 15.3 Å². The number of oxime groups is 1. The van der Waals surface area contributed by atoms with Gasteiger partial charge in [0.15, 0.2) is 6.10 Å². The minimum atomic E-state index is -1.43. The summed E-state index contributed by atoms with van der Waals surface area (Å²) in [6, 6.07) is 13.9. The molecule has 0 unspecified atom stereocenters. The zero-order valence-electron chi connectivity index (χ0n) is 12.3. The first-order chi connectivity index (χ1) is 11.1.